The summed E-state index contributed by atoms with van der Waals surface area (Å²) in [5.74, 6) is -0.392. The van der Waals surface area contributed by atoms with Crippen LogP contribution in [-0.4, -0.2) is 42.8 Å². The molecule has 5 rings (SSSR count). The maximum Gasteiger partial charge on any atom is 0.260 e. The Hall–Kier alpha value is -3.69. The highest BCUT2D eigenvalue weighted by Gasteiger charge is 2.41. The number of hydrogen-bond acceptors (Lipinski definition) is 5. The van der Waals surface area contributed by atoms with Crippen LogP contribution in [-0.2, 0) is 16.6 Å². The lowest BCUT2D eigenvalue weighted by Crippen LogP contribution is -2.32. The summed E-state index contributed by atoms with van der Waals surface area (Å²) in [5, 5.41) is -0.213. The number of rotatable bonds is 10. The summed E-state index contributed by atoms with van der Waals surface area (Å²) in [4.78, 5) is 19.6. The molecule has 0 aliphatic carbocycles. The number of alkyl halides is 2. The second kappa shape index (κ2) is 11.4. The number of anilines is 1. The van der Waals surface area contributed by atoms with Crippen molar-refractivity contribution in [2.75, 3.05) is 16.6 Å². The minimum Gasteiger partial charge on any atom is -0.478 e. The van der Waals surface area contributed by atoms with Crippen LogP contribution < -0.4 is 9.04 Å². The van der Waals surface area contributed by atoms with E-state index in [-0.39, 0.29) is 30.0 Å². The summed E-state index contributed by atoms with van der Waals surface area (Å²) in [6, 6.07) is 22.5. The third kappa shape index (κ3) is 4.99. The molecule has 1 aromatic heterocycles. The smallest absolute Gasteiger partial charge is 0.260 e. The van der Waals surface area contributed by atoms with E-state index in [1.165, 1.54) is 7.05 Å². The van der Waals surface area contributed by atoms with Crippen molar-refractivity contribution in [3.63, 3.8) is 0 Å². The molecule has 0 N–H and O–H groups in total. The fourth-order valence-corrected chi connectivity index (χ4v) is 6.16. The van der Waals surface area contributed by atoms with Crippen molar-refractivity contribution >= 4 is 44.1 Å². The average molecular weight is 582 g/mol. The molecular formula is C30H29ClFN3O4S. The summed E-state index contributed by atoms with van der Waals surface area (Å²) in [6.07, 6.45) is 0.0654. The van der Waals surface area contributed by atoms with E-state index in [9.17, 15) is 13.2 Å². The lowest BCUT2D eigenvalue weighted by molar-refractivity contribution is 0.0456. The molecule has 10 heteroatoms. The highest BCUT2D eigenvalue weighted by Crippen LogP contribution is 2.47. The Morgan fingerprint density at radius 1 is 1.05 bits per heavy atom. The van der Waals surface area contributed by atoms with Crippen molar-refractivity contribution in [1.82, 2.24) is 9.88 Å². The van der Waals surface area contributed by atoms with Gasteiger partial charge >= 0.3 is 0 Å². The van der Waals surface area contributed by atoms with E-state index in [0.29, 0.717) is 22.9 Å². The number of fused-ring (bicyclic) bond motifs is 2. The monoisotopic (exact) mass is 581 g/mol. The highest BCUT2D eigenvalue weighted by molar-refractivity contribution is 7.93. The second-order valence-electron chi connectivity index (χ2n) is 9.59. The van der Waals surface area contributed by atoms with Gasteiger partial charge in [-0.2, -0.15) is 0 Å². The van der Waals surface area contributed by atoms with Crippen molar-refractivity contribution in [2.45, 2.75) is 38.7 Å². The van der Waals surface area contributed by atoms with Gasteiger partial charge in [-0.1, -0.05) is 74.0 Å². The van der Waals surface area contributed by atoms with Crippen LogP contribution in [0, 0.1) is 0 Å². The first-order valence-electron chi connectivity index (χ1n) is 13.0. The lowest BCUT2D eigenvalue weighted by atomic mass is 9.99. The molecule has 2 heterocycles. The molecule has 1 unspecified atom stereocenters. The van der Waals surface area contributed by atoms with Gasteiger partial charge in [-0.05, 0) is 29.7 Å². The molecule has 0 saturated heterocycles. The van der Waals surface area contributed by atoms with Crippen LogP contribution >= 0.6 is 11.6 Å². The van der Waals surface area contributed by atoms with Gasteiger partial charge in [0.15, 0.2) is 12.0 Å². The summed E-state index contributed by atoms with van der Waals surface area (Å²) >= 11 is 5.82. The summed E-state index contributed by atoms with van der Waals surface area (Å²) in [7, 11) is -2.57. The third-order valence-electron chi connectivity index (χ3n) is 7.07. The topological polar surface area (TPSA) is 79.8 Å². The Morgan fingerprint density at radius 3 is 2.25 bits per heavy atom. The van der Waals surface area contributed by atoms with Gasteiger partial charge in [0.25, 0.3) is 5.91 Å². The van der Waals surface area contributed by atoms with Gasteiger partial charge in [0.2, 0.25) is 10.0 Å². The number of carbonyl (C=O) groups excluding carboxylic acids is 1. The van der Waals surface area contributed by atoms with Gasteiger partial charge < -0.3 is 9.64 Å². The average Bonchev–Trinajstić information content (AvgIpc) is 3.32. The summed E-state index contributed by atoms with van der Waals surface area (Å²) in [5.41, 5.74) is 2.68. The molecule has 1 amide bonds. The molecule has 0 spiro atoms. The summed E-state index contributed by atoms with van der Waals surface area (Å²) in [6.45, 7) is 1.72. The van der Waals surface area contributed by atoms with Crippen molar-refractivity contribution in [1.29, 1.82) is 0 Å². The van der Waals surface area contributed by atoms with E-state index in [1.807, 2.05) is 67.6 Å². The van der Waals surface area contributed by atoms with Crippen LogP contribution in [0.2, 0.25) is 0 Å². The van der Waals surface area contributed by atoms with Crippen LogP contribution in [0.5, 0.6) is 5.75 Å². The molecule has 3 aromatic carbocycles. The highest BCUT2D eigenvalue weighted by atomic mass is 35.5. The van der Waals surface area contributed by atoms with E-state index < -0.39 is 33.5 Å². The first-order chi connectivity index (χ1) is 19.3. The van der Waals surface area contributed by atoms with E-state index >= 15 is 4.39 Å². The van der Waals surface area contributed by atoms with E-state index in [0.717, 1.165) is 20.3 Å². The predicted octanol–water partition coefficient (Wildman–Crippen LogP) is 6.42. The number of aromatic nitrogens is 1. The van der Waals surface area contributed by atoms with Crippen molar-refractivity contribution in [2.24, 2.45) is 0 Å². The minimum atomic E-state index is -3.94. The number of carbonyl (C=O) groups is 1. The molecule has 1 atom stereocenters. The van der Waals surface area contributed by atoms with E-state index in [1.54, 1.807) is 18.3 Å². The van der Waals surface area contributed by atoms with Crippen LogP contribution in [0.4, 0.5) is 10.1 Å². The zero-order valence-electron chi connectivity index (χ0n) is 22.1. The predicted molar refractivity (Wildman–Crippen MR) is 155 cm³/mol. The first kappa shape index (κ1) is 27.9. The molecule has 0 bridgehead atoms. The maximum atomic E-state index is 15.3. The summed E-state index contributed by atoms with van der Waals surface area (Å²) < 4.78 is 49.0. The molecule has 0 fully saturated rings. The van der Waals surface area contributed by atoms with Crippen molar-refractivity contribution in [3.8, 4) is 5.75 Å². The number of nitrogens with zero attached hydrogens (tertiary/aromatic N) is 3. The number of hydrogen-bond donors (Lipinski definition) is 0. The molecule has 7 nitrogen and oxygen atoms in total. The minimum absolute atomic E-state index is 0.105. The largest absolute Gasteiger partial charge is 0.478 e. The molecule has 1 aliphatic heterocycles. The van der Waals surface area contributed by atoms with E-state index in [4.69, 9.17) is 16.3 Å². The number of ether oxygens (including phenoxy) is 1. The van der Waals surface area contributed by atoms with Crippen LogP contribution in [0.1, 0.15) is 52.9 Å². The molecule has 40 heavy (non-hydrogen) atoms. The Bertz CT molecular complexity index is 1600. The van der Waals surface area contributed by atoms with Crippen molar-refractivity contribution < 1.29 is 22.3 Å². The zero-order valence-corrected chi connectivity index (χ0v) is 23.7. The SMILES string of the molecule is CCCC(F)N1Cc2c(c(OC(c3ccccc3)c3ccccc3)c3ncccc3c2N(C)S(=O)(=O)CCl)C1=O. The number of pyridine rings is 1. The van der Waals surface area contributed by atoms with Gasteiger partial charge in [0.05, 0.1) is 17.8 Å². The number of halogens is 2. The van der Waals surface area contributed by atoms with Gasteiger partial charge in [-0.15, -0.1) is 11.6 Å². The molecule has 0 saturated carbocycles. The molecule has 4 aromatic rings. The Morgan fingerprint density at radius 2 is 1.68 bits per heavy atom. The normalized spacial score (nSPS) is 14.0. The van der Waals surface area contributed by atoms with Gasteiger partial charge in [0, 0.05) is 24.2 Å². The maximum absolute atomic E-state index is 15.3. The second-order valence-corrected chi connectivity index (χ2v) is 12.2. The third-order valence-corrected chi connectivity index (χ3v) is 9.19. The lowest BCUT2D eigenvalue weighted by Gasteiger charge is -2.26. The zero-order chi connectivity index (χ0) is 28.4. The van der Waals surface area contributed by atoms with Crippen LogP contribution in [0.25, 0.3) is 10.9 Å². The van der Waals surface area contributed by atoms with Gasteiger partial charge in [0.1, 0.15) is 16.8 Å². The van der Waals surface area contributed by atoms with E-state index in [2.05, 4.69) is 4.98 Å². The Balaban J connectivity index is 1.79. The standard InChI is InChI=1S/C30H29ClFN3O4S/c1-3-11-24(32)35-18-23-25(30(35)36)29(26-22(16-10-17-33-26)27(23)34(2)40(37,38)19-31)39-28(20-12-6-4-7-13-20)21-14-8-5-9-15-21/h4-10,12-17,24,28H,3,11,18-19H2,1-2H3. The first-order valence-corrected chi connectivity index (χ1v) is 15.1. The number of benzene rings is 3. The molecule has 208 valence electrons. The van der Waals surface area contributed by atoms with Gasteiger partial charge in [-0.3, -0.25) is 14.1 Å². The fraction of sp³-hybridized carbons (Fsp3) is 0.267. The molecule has 1 aliphatic rings. The molecule has 0 radical (unpaired) electrons. The fourth-order valence-electron chi connectivity index (χ4n) is 5.09. The van der Waals surface area contributed by atoms with Crippen LogP contribution in [0.3, 0.4) is 0 Å². The Labute approximate surface area is 238 Å². The quantitative estimate of drug-likeness (QED) is 0.160. The van der Waals surface area contributed by atoms with Crippen molar-refractivity contribution in [3.05, 3.63) is 101 Å². The van der Waals surface area contributed by atoms with Gasteiger partial charge in [-0.25, -0.2) is 12.8 Å². The Kier molecular flexibility index (Phi) is 7.96. The number of amides is 1. The van der Waals surface area contributed by atoms with Crippen LogP contribution in [0.15, 0.2) is 79.0 Å². The molecular weight excluding hydrogens is 553 g/mol. The number of sulfonamides is 1.